The van der Waals surface area contributed by atoms with Crippen molar-refractivity contribution in [2.45, 2.75) is 31.6 Å². The quantitative estimate of drug-likeness (QED) is 0.779. The van der Waals surface area contributed by atoms with Crippen molar-refractivity contribution in [1.82, 2.24) is 19.7 Å². The summed E-state index contributed by atoms with van der Waals surface area (Å²) >= 11 is 0. The molecule has 3 aromatic rings. The third-order valence-electron chi connectivity index (χ3n) is 5.73. The van der Waals surface area contributed by atoms with Crippen LogP contribution in [-0.4, -0.2) is 19.7 Å². The first-order chi connectivity index (χ1) is 10.8. The fourth-order valence-corrected chi connectivity index (χ4v) is 4.67. The molecule has 4 nitrogen and oxygen atoms in total. The number of nitrogens with one attached hydrogen (secondary N) is 1. The molecule has 0 aliphatic heterocycles. The third kappa shape index (κ3) is 1.76. The zero-order valence-electron chi connectivity index (χ0n) is 12.8. The molecule has 0 aromatic carbocycles. The van der Waals surface area contributed by atoms with Gasteiger partial charge in [0.15, 0.2) is 0 Å². The number of aryl methyl sites for hydroxylation is 1. The molecule has 22 heavy (non-hydrogen) atoms. The zero-order chi connectivity index (χ0) is 14.7. The van der Waals surface area contributed by atoms with Crippen molar-refractivity contribution >= 4 is 11.0 Å². The largest absolute Gasteiger partial charge is 0.346 e. The van der Waals surface area contributed by atoms with Crippen molar-refractivity contribution in [2.75, 3.05) is 0 Å². The minimum atomic E-state index is 0.729. The van der Waals surface area contributed by atoms with E-state index in [1.54, 1.807) is 0 Å². The highest BCUT2D eigenvalue weighted by molar-refractivity contribution is 5.93. The second kappa shape index (κ2) is 4.45. The van der Waals surface area contributed by atoms with Gasteiger partial charge >= 0.3 is 0 Å². The fourth-order valence-electron chi connectivity index (χ4n) is 4.67. The molecule has 4 heteroatoms. The Morgan fingerprint density at radius 3 is 2.91 bits per heavy atom. The van der Waals surface area contributed by atoms with Crippen LogP contribution in [-0.2, 0) is 7.05 Å². The second-order valence-electron chi connectivity index (χ2n) is 7.05. The van der Waals surface area contributed by atoms with Crippen LogP contribution >= 0.6 is 0 Å². The maximum absolute atomic E-state index is 4.68. The highest BCUT2D eigenvalue weighted by Gasteiger charge is 2.40. The summed E-state index contributed by atoms with van der Waals surface area (Å²) in [5.74, 6) is 2.59. The van der Waals surface area contributed by atoms with Crippen LogP contribution in [0.1, 0.15) is 37.2 Å². The van der Waals surface area contributed by atoms with Crippen LogP contribution in [0.5, 0.6) is 0 Å². The molecular weight excluding hydrogens is 272 g/mol. The van der Waals surface area contributed by atoms with Gasteiger partial charge in [0.1, 0.15) is 5.65 Å². The number of rotatable bonds is 2. The second-order valence-corrected chi connectivity index (χ2v) is 7.05. The molecule has 3 aromatic heterocycles. The van der Waals surface area contributed by atoms with Crippen LogP contribution in [0.15, 0.2) is 30.9 Å². The molecule has 2 aliphatic rings. The van der Waals surface area contributed by atoms with E-state index in [1.807, 2.05) is 17.9 Å². The third-order valence-corrected chi connectivity index (χ3v) is 5.73. The van der Waals surface area contributed by atoms with Gasteiger partial charge in [0.2, 0.25) is 0 Å². The first-order valence-electron chi connectivity index (χ1n) is 8.24. The molecule has 2 bridgehead atoms. The van der Waals surface area contributed by atoms with E-state index in [9.17, 15) is 0 Å². The van der Waals surface area contributed by atoms with Crippen molar-refractivity contribution in [3.8, 4) is 11.1 Å². The Morgan fingerprint density at radius 2 is 2.18 bits per heavy atom. The van der Waals surface area contributed by atoms with Crippen molar-refractivity contribution in [3.63, 3.8) is 0 Å². The van der Waals surface area contributed by atoms with Crippen molar-refractivity contribution in [1.29, 1.82) is 0 Å². The summed E-state index contributed by atoms with van der Waals surface area (Å²) < 4.78 is 1.85. The van der Waals surface area contributed by atoms with Gasteiger partial charge in [0.25, 0.3) is 0 Å². The van der Waals surface area contributed by atoms with Crippen molar-refractivity contribution in [3.05, 3.63) is 36.4 Å². The van der Waals surface area contributed by atoms with Gasteiger partial charge in [-0.1, -0.05) is 6.42 Å². The molecule has 0 spiro atoms. The van der Waals surface area contributed by atoms with Gasteiger partial charge in [-0.15, -0.1) is 0 Å². The molecular formula is C18H20N4. The van der Waals surface area contributed by atoms with E-state index in [0.29, 0.717) is 0 Å². The fraction of sp³-hybridized carbons (Fsp3) is 0.444. The predicted molar refractivity (Wildman–Crippen MR) is 86.5 cm³/mol. The Morgan fingerprint density at radius 1 is 1.23 bits per heavy atom. The van der Waals surface area contributed by atoms with Gasteiger partial charge in [-0.05, 0) is 48.6 Å². The number of aromatic nitrogens is 4. The smallest absolute Gasteiger partial charge is 0.137 e. The Labute approximate surface area is 129 Å². The number of aromatic amines is 1. The lowest BCUT2D eigenvalue weighted by Gasteiger charge is -2.21. The topological polar surface area (TPSA) is 46.5 Å². The van der Waals surface area contributed by atoms with Gasteiger partial charge in [-0.25, -0.2) is 4.98 Å². The summed E-state index contributed by atoms with van der Waals surface area (Å²) in [5.41, 5.74) is 4.77. The lowest BCUT2D eigenvalue weighted by Crippen LogP contribution is -2.08. The minimum absolute atomic E-state index is 0.729. The standard InChI is InChI=1S/C18H20N4/c1-22-10-14(8-21-22)17-9-20-18-16(17)6-13(7-19-18)15-5-11-2-3-12(15)4-11/h6-12,15H,2-5H2,1H3,(H,19,20). The highest BCUT2D eigenvalue weighted by atomic mass is 15.2. The van der Waals surface area contributed by atoms with Crippen LogP contribution in [0, 0.1) is 11.8 Å². The molecule has 0 saturated heterocycles. The van der Waals surface area contributed by atoms with E-state index in [0.717, 1.165) is 29.0 Å². The summed E-state index contributed by atoms with van der Waals surface area (Å²) in [5, 5.41) is 5.52. The van der Waals surface area contributed by atoms with Crippen LogP contribution in [0.4, 0.5) is 0 Å². The maximum atomic E-state index is 4.68. The van der Waals surface area contributed by atoms with Gasteiger partial charge < -0.3 is 4.98 Å². The minimum Gasteiger partial charge on any atom is -0.346 e. The maximum Gasteiger partial charge on any atom is 0.137 e. The lowest BCUT2D eigenvalue weighted by molar-refractivity contribution is 0.419. The van der Waals surface area contributed by atoms with Gasteiger partial charge in [0, 0.05) is 42.2 Å². The van der Waals surface area contributed by atoms with E-state index < -0.39 is 0 Å². The monoisotopic (exact) mass is 292 g/mol. The molecule has 2 saturated carbocycles. The Balaban J connectivity index is 1.60. The number of nitrogens with zero attached hydrogens (tertiary/aromatic N) is 3. The predicted octanol–water partition coefficient (Wildman–Crippen LogP) is 3.87. The summed E-state index contributed by atoms with van der Waals surface area (Å²) in [4.78, 5) is 7.98. The number of hydrogen-bond acceptors (Lipinski definition) is 2. The zero-order valence-corrected chi connectivity index (χ0v) is 12.8. The van der Waals surface area contributed by atoms with Crippen LogP contribution in [0.2, 0.25) is 0 Å². The summed E-state index contributed by atoms with van der Waals surface area (Å²) in [6.07, 6.45) is 13.8. The van der Waals surface area contributed by atoms with Crippen LogP contribution in [0.25, 0.3) is 22.2 Å². The van der Waals surface area contributed by atoms with E-state index in [1.165, 1.54) is 42.2 Å². The van der Waals surface area contributed by atoms with E-state index in [2.05, 4.69) is 39.7 Å². The highest BCUT2D eigenvalue weighted by Crippen LogP contribution is 2.53. The Bertz CT molecular complexity index is 844. The number of pyridine rings is 1. The summed E-state index contributed by atoms with van der Waals surface area (Å²) in [7, 11) is 1.96. The lowest BCUT2D eigenvalue weighted by atomic mass is 9.84. The normalized spacial score (nSPS) is 27.0. The van der Waals surface area contributed by atoms with Crippen molar-refractivity contribution < 1.29 is 0 Å². The van der Waals surface area contributed by atoms with E-state index >= 15 is 0 Å². The summed E-state index contributed by atoms with van der Waals surface area (Å²) in [6.45, 7) is 0. The SMILES string of the molecule is Cn1cc(-c2c[nH]c3ncc(C4CC5CCC4C5)cc23)cn1. The van der Waals surface area contributed by atoms with Gasteiger partial charge in [-0.2, -0.15) is 5.10 Å². The molecule has 2 aliphatic carbocycles. The van der Waals surface area contributed by atoms with E-state index in [-0.39, 0.29) is 0 Å². The number of hydrogen-bond donors (Lipinski definition) is 1. The molecule has 3 unspecified atom stereocenters. The molecule has 5 rings (SSSR count). The average Bonchev–Trinajstić information content (AvgIpc) is 3.29. The average molecular weight is 292 g/mol. The molecule has 0 amide bonds. The van der Waals surface area contributed by atoms with Crippen LogP contribution in [0.3, 0.4) is 0 Å². The molecule has 2 fully saturated rings. The Kier molecular flexibility index (Phi) is 2.52. The Hall–Kier alpha value is -2.10. The summed E-state index contributed by atoms with van der Waals surface area (Å²) in [6, 6.07) is 2.37. The molecule has 112 valence electrons. The van der Waals surface area contributed by atoms with Crippen LogP contribution < -0.4 is 0 Å². The molecule has 1 N–H and O–H groups in total. The molecule has 3 atom stereocenters. The van der Waals surface area contributed by atoms with Crippen molar-refractivity contribution in [2.24, 2.45) is 18.9 Å². The number of fused-ring (bicyclic) bond motifs is 3. The van der Waals surface area contributed by atoms with E-state index in [4.69, 9.17) is 0 Å². The van der Waals surface area contributed by atoms with Gasteiger partial charge in [-0.3, -0.25) is 4.68 Å². The first kappa shape index (κ1) is 12.4. The first-order valence-corrected chi connectivity index (χ1v) is 8.24. The van der Waals surface area contributed by atoms with Gasteiger partial charge in [0.05, 0.1) is 6.20 Å². The molecule has 3 heterocycles. The number of H-pyrrole nitrogens is 1. The molecule has 0 radical (unpaired) electrons.